The fraction of sp³-hybridized carbons (Fsp3) is 0.350. The molecule has 8 heteroatoms. The van der Waals surface area contributed by atoms with Crippen LogP contribution in [0.15, 0.2) is 41.4 Å². The van der Waals surface area contributed by atoms with Crippen LogP contribution in [-0.2, 0) is 15.6 Å². The van der Waals surface area contributed by atoms with Gasteiger partial charge < -0.3 is 4.90 Å². The van der Waals surface area contributed by atoms with Gasteiger partial charge in [0.25, 0.3) is 0 Å². The topological polar surface area (TPSA) is 49.7 Å². The number of halogens is 2. The average molecular weight is 439 g/mol. The molecule has 2 aliphatic rings. The van der Waals surface area contributed by atoms with E-state index < -0.39 is 9.84 Å². The Kier molecular flexibility index (Phi) is 5.18. The molecule has 0 bridgehead atoms. The minimum Gasteiger partial charge on any atom is -0.315 e. The monoisotopic (exact) mass is 438 g/mol. The van der Waals surface area contributed by atoms with Crippen molar-refractivity contribution in [1.82, 2.24) is 0 Å². The molecule has 2 aromatic carbocycles. The van der Waals surface area contributed by atoms with E-state index >= 15 is 0 Å². The molecule has 4 nitrogen and oxygen atoms in total. The van der Waals surface area contributed by atoms with E-state index in [-0.39, 0.29) is 29.4 Å². The van der Waals surface area contributed by atoms with Crippen molar-refractivity contribution in [2.75, 3.05) is 16.4 Å². The second kappa shape index (κ2) is 7.35. The van der Waals surface area contributed by atoms with Gasteiger partial charge in [0.05, 0.1) is 23.6 Å². The third-order valence-corrected chi connectivity index (χ3v) is 8.31. The molecule has 0 radical (unpaired) electrons. The molecule has 4 rings (SSSR count). The van der Waals surface area contributed by atoms with Crippen molar-refractivity contribution in [2.45, 2.75) is 31.7 Å². The number of hydrogen-bond donors (Lipinski definition) is 0. The van der Waals surface area contributed by atoms with E-state index in [0.717, 1.165) is 22.0 Å². The van der Waals surface area contributed by atoms with Gasteiger partial charge >= 0.3 is 0 Å². The van der Waals surface area contributed by atoms with Crippen LogP contribution in [0, 0.1) is 19.7 Å². The van der Waals surface area contributed by atoms with Crippen LogP contribution in [0.4, 0.5) is 10.1 Å². The van der Waals surface area contributed by atoms with Crippen LogP contribution in [-0.4, -0.2) is 37.2 Å². The van der Waals surface area contributed by atoms with E-state index in [1.807, 2.05) is 30.9 Å². The summed E-state index contributed by atoms with van der Waals surface area (Å²) in [5.41, 5.74) is 4.10. The fourth-order valence-electron chi connectivity index (χ4n) is 3.59. The number of rotatable bonds is 3. The molecule has 0 saturated carbocycles. The number of anilines is 1. The molecule has 2 atom stereocenters. The van der Waals surface area contributed by atoms with Crippen molar-refractivity contribution in [3.05, 3.63) is 63.9 Å². The molecule has 0 spiro atoms. The standard InChI is InChI=1S/C20H20ClFN2O2S2/c1-12-3-6-16(7-13(12)2)24-19-11-28(25,26)10-18(19)23-20(24)27-9-14-4-5-15(22)8-17(14)21/h3-8,18-19H,9-11H2,1-2H3/t18-,19-/m0/s1. The molecule has 0 unspecified atom stereocenters. The van der Waals surface area contributed by atoms with Gasteiger partial charge in [-0.2, -0.15) is 0 Å². The first kappa shape index (κ1) is 19.7. The Bertz CT molecular complexity index is 1070. The smallest absolute Gasteiger partial charge is 0.164 e. The highest BCUT2D eigenvalue weighted by atomic mass is 35.5. The van der Waals surface area contributed by atoms with Gasteiger partial charge in [0.15, 0.2) is 15.0 Å². The third-order valence-electron chi connectivity index (χ3n) is 5.25. The minimum atomic E-state index is -3.09. The predicted molar refractivity (Wildman–Crippen MR) is 115 cm³/mol. The highest BCUT2D eigenvalue weighted by Gasteiger charge is 2.47. The first-order chi connectivity index (χ1) is 13.2. The Balaban J connectivity index is 1.64. The van der Waals surface area contributed by atoms with Crippen LogP contribution < -0.4 is 4.90 Å². The number of aryl methyl sites for hydroxylation is 2. The maximum absolute atomic E-state index is 13.3. The van der Waals surface area contributed by atoms with Gasteiger partial charge in [0, 0.05) is 16.5 Å². The summed E-state index contributed by atoms with van der Waals surface area (Å²) in [5.74, 6) is 0.356. The number of benzene rings is 2. The van der Waals surface area contributed by atoms with Crippen molar-refractivity contribution in [2.24, 2.45) is 4.99 Å². The number of hydrogen-bond acceptors (Lipinski definition) is 5. The maximum atomic E-state index is 13.3. The van der Waals surface area contributed by atoms with Crippen molar-refractivity contribution in [1.29, 1.82) is 0 Å². The molecular weight excluding hydrogens is 419 g/mol. The zero-order valence-corrected chi connectivity index (χ0v) is 17.9. The summed E-state index contributed by atoms with van der Waals surface area (Å²) in [6.07, 6.45) is 0. The Hall–Kier alpha value is -1.57. The molecule has 0 aromatic heterocycles. The summed E-state index contributed by atoms with van der Waals surface area (Å²) in [4.78, 5) is 6.77. The Morgan fingerprint density at radius 1 is 1.18 bits per heavy atom. The van der Waals surface area contributed by atoms with Gasteiger partial charge in [-0.05, 0) is 54.8 Å². The molecule has 0 N–H and O–H groups in total. The van der Waals surface area contributed by atoms with Crippen LogP contribution in [0.3, 0.4) is 0 Å². The Morgan fingerprint density at radius 2 is 1.96 bits per heavy atom. The van der Waals surface area contributed by atoms with Crippen molar-refractivity contribution in [3.8, 4) is 0 Å². The quantitative estimate of drug-likeness (QED) is 0.713. The van der Waals surface area contributed by atoms with E-state index in [1.54, 1.807) is 6.07 Å². The summed E-state index contributed by atoms with van der Waals surface area (Å²) in [7, 11) is -3.09. The summed E-state index contributed by atoms with van der Waals surface area (Å²) in [5, 5.41) is 1.17. The number of nitrogens with zero attached hydrogens (tertiary/aromatic N) is 2. The molecule has 148 valence electrons. The molecule has 0 amide bonds. The van der Waals surface area contributed by atoms with Crippen molar-refractivity contribution >= 4 is 44.1 Å². The third kappa shape index (κ3) is 3.80. The van der Waals surface area contributed by atoms with Gasteiger partial charge in [-0.1, -0.05) is 35.5 Å². The lowest BCUT2D eigenvalue weighted by atomic mass is 10.1. The highest BCUT2D eigenvalue weighted by Crippen LogP contribution is 2.37. The van der Waals surface area contributed by atoms with Crippen LogP contribution in [0.5, 0.6) is 0 Å². The average Bonchev–Trinajstić information content (AvgIpc) is 3.08. The minimum absolute atomic E-state index is 0.0837. The molecule has 28 heavy (non-hydrogen) atoms. The lowest BCUT2D eigenvalue weighted by Gasteiger charge is -2.27. The fourth-order valence-corrected chi connectivity index (χ4v) is 6.88. The highest BCUT2D eigenvalue weighted by molar-refractivity contribution is 8.13. The lowest BCUT2D eigenvalue weighted by Crippen LogP contribution is -2.39. The zero-order valence-electron chi connectivity index (χ0n) is 15.5. The van der Waals surface area contributed by atoms with Crippen molar-refractivity contribution in [3.63, 3.8) is 0 Å². The van der Waals surface area contributed by atoms with Crippen LogP contribution in [0.25, 0.3) is 0 Å². The lowest BCUT2D eigenvalue weighted by molar-refractivity contribution is 0.601. The predicted octanol–water partition coefficient (Wildman–Crippen LogP) is 4.37. The van der Waals surface area contributed by atoms with E-state index in [9.17, 15) is 12.8 Å². The van der Waals surface area contributed by atoms with Gasteiger partial charge in [0.1, 0.15) is 5.82 Å². The van der Waals surface area contributed by atoms with Gasteiger partial charge in [-0.3, -0.25) is 4.99 Å². The van der Waals surface area contributed by atoms with Crippen LogP contribution in [0.1, 0.15) is 16.7 Å². The Morgan fingerprint density at radius 3 is 2.68 bits per heavy atom. The second-order valence-corrected chi connectivity index (χ2v) is 10.8. The van der Waals surface area contributed by atoms with Gasteiger partial charge in [-0.25, -0.2) is 12.8 Å². The molecule has 2 aliphatic heterocycles. The van der Waals surface area contributed by atoms with Crippen LogP contribution >= 0.6 is 23.4 Å². The van der Waals surface area contributed by atoms with E-state index in [4.69, 9.17) is 16.6 Å². The summed E-state index contributed by atoms with van der Waals surface area (Å²) in [6.45, 7) is 4.09. The second-order valence-electron chi connectivity index (χ2n) is 7.29. The van der Waals surface area contributed by atoms with E-state index in [2.05, 4.69) is 6.07 Å². The summed E-state index contributed by atoms with van der Waals surface area (Å²) < 4.78 is 37.6. The Labute approximate surface area is 173 Å². The summed E-state index contributed by atoms with van der Waals surface area (Å²) >= 11 is 7.65. The summed E-state index contributed by atoms with van der Waals surface area (Å²) in [6, 6.07) is 10.1. The SMILES string of the molecule is Cc1ccc(N2C(SCc3ccc(F)cc3Cl)=N[C@H]3CS(=O)(=O)C[C@@H]32)cc1C. The molecule has 1 fully saturated rings. The number of thioether (sulfide) groups is 1. The zero-order chi connectivity index (χ0) is 20.1. The number of amidine groups is 1. The number of aliphatic imine (C=N–C) groups is 1. The molecule has 2 aromatic rings. The largest absolute Gasteiger partial charge is 0.315 e. The first-order valence-electron chi connectivity index (χ1n) is 8.95. The first-order valence-corrected chi connectivity index (χ1v) is 12.1. The van der Waals surface area contributed by atoms with Gasteiger partial charge in [0.2, 0.25) is 0 Å². The molecule has 2 heterocycles. The van der Waals surface area contributed by atoms with Gasteiger partial charge in [-0.15, -0.1) is 0 Å². The van der Waals surface area contributed by atoms with E-state index in [1.165, 1.54) is 29.5 Å². The maximum Gasteiger partial charge on any atom is 0.164 e. The number of sulfone groups is 1. The number of fused-ring (bicyclic) bond motifs is 1. The molecule has 1 saturated heterocycles. The normalized spacial score (nSPS) is 23.0. The van der Waals surface area contributed by atoms with Crippen LogP contribution in [0.2, 0.25) is 5.02 Å². The van der Waals surface area contributed by atoms with Crippen molar-refractivity contribution < 1.29 is 12.8 Å². The molecule has 0 aliphatic carbocycles. The molecular formula is C20H20ClFN2O2S2. The van der Waals surface area contributed by atoms with E-state index in [0.29, 0.717) is 10.8 Å².